The average Bonchev–Trinajstić information content (AvgIpc) is 1.86. The van der Waals surface area contributed by atoms with Crippen LogP contribution in [0.2, 0.25) is 0 Å². The molecular formula is C7H12F2O2. The van der Waals surface area contributed by atoms with Crippen molar-refractivity contribution in [1.29, 1.82) is 0 Å². The molecule has 0 spiro atoms. The lowest BCUT2D eigenvalue weighted by atomic mass is 10.1. The zero-order valence-electron chi connectivity index (χ0n) is 6.69. The molecule has 0 aliphatic rings. The minimum absolute atomic E-state index is 0.262. The van der Waals surface area contributed by atoms with Crippen LogP contribution in [-0.2, 0) is 9.53 Å². The zero-order chi connectivity index (χ0) is 8.91. The summed E-state index contributed by atoms with van der Waals surface area (Å²) in [5.74, 6) is -3.76. The Bertz CT molecular complexity index is 134. The van der Waals surface area contributed by atoms with E-state index in [1.165, 1.54) is 0 Å². The normalized spacial score (nSPS) is 11.3. The van der Waals surface area contributed by atoms with Gasteiger partial charge in [0, 0.05) is 6.42 Å². The number of carbonyl (C=O) groups excluding carboxylic acids is 1. The van der Waals surface area contributed by atoms with Crippen LogP contribution in [0, 0.1) is 0 Å². The van der Waals surface area contributed by atoms with Crippen molar-refractivity contribution in [2.75, 3.05) is 7.11 Å². The summed E-state index contributed by atoms with van der Waals surface area (Å²) in [6.07, 6.45) is -0.705. The Balaban J connectivity index is 3.80. The van der Waals surface area contributed by atoms with E-state index in [1.54, 1.807) is 6.92 Å². The van der Waals surface area contributed by atoms with Crippen molar-refractivity contribution >= 4 is 5.97 Å². The summed E-state index contributed by atoms with van der Waals surface area (Å²) in [4.78, 5) is 10.4. The highest BCUT2D eigenvalue weighted by Crippen LogP contribution is 2.24. The largest absolute Gasteiger partial charge is 0.469 e. The Morgan fingerprint density at radius 1 is 1.55 bits per heavy atom. The summed E-state index contributed by atoms with van der Waals surface area (Å²) in [6.45, 7) is 1.64. The summed E-state index contributed by atoms with van der Waals surface area (Å²) >= 11 is 0. The maximum Gasteiger partial charge on any atom is 0.311 e. The first kappa shape index (κ1) is 10.3. The highest BCUT2D eigenvalue weighted by atomic mass is 19.3. The molecule has 0 N–H and O–H groups in total. The number of hydrogen-bond acceptors (Lipinski definition) is 2. The molecule has 0 aliphatic heterocycles. The van der Waals surface area contributed by atoms with Crippen molar-refractivity contribution in [1.82, 2.24) is 0 Å². The average molecular weight is 166 g/mol. The van der Waals surface area contributed by atoms with E-state index >= 15 is 0 Å². The molecule has 11 heavy (non-hydrogen) atoms. The Morgan fingerprint density at radius 3 is 2.45 bits per heavy atom. The van der Waals surface area contributed by atoms with Gasteiger partial charge in [-0.25, -0.2) is 8.78 Å². The third-order valence-electron chi connectivity index (χ3n) is 1.25. The third kappa shape index (κ3) is 4.70. The van der Waals surface area contributed by atoms with Crippen molar-refractivity contribution in [2.24, 2.45) is 0 Å². The molecule has 66 valence electrons. The first-order chi connectivity index (χ1) is 5.02. The molecule has 0 aromatic heterocycles. The quantitative estimate of drug-likeness (QED) is 0.597. The van der Waals surface area contributed by atoms with E-state index in [0.717, 1.165) is 7.11 Å². The second-order valence-electron chi connectivity index (χ2n) is 2.36. The van der Waals surface area contributed by atoms with Crippen molar-refractivity contribution < 1.29 is 18.3 Å². The molecule has 0 heterocycles. The van der Waals surface area contributed by atoms with E-state index in [9.17, 15) is 13.6 Å². The van der Waals surface area contributed by atoms with Gasteiger partial charge in [0.05, 0.1) is 7.11 Å². The van der Waals surface area contributed by atoms with Gasteiger partial charge in [-0.3, -0.25) is 4.79 Å². The summed E-state index contributed by atoms with van der Waals surface area (Å²) < 4.78 is 29.2. The van der Waals surface area contributed by atoms with E-state index < -0.39 is 18.3 Å². The minimum atomic E-state index is -2.90. The molecule has 0 aromatic carbocycles. The molecule has 0 aliphatic carbocycles. The molecule has 0 aromatic rings. The van der Waals surface area contributed by atoms with E-state index in [2.05, 4.69) is 4.74 Å². The van der Waals surface area contributed by atoms with Gasteiger partial charge >= 0.3 is 5.97 Å². The summed E-state index contributed by atoms with van der Waals surface area (Å²) in [5.41, 5.74) is 0. The van der Waals surface area contributed by atoms with Crippen molar-refractivity contribution in [3.05, 3.63) is 0 Å². The smallest absolute Gasteiger partial charge is 0.311 e. The number of hydrogen-bond donors (Lipinski definition) is 0. The first-order valence-electron chi connectivity index (χ1n) is 3.46. The molecular weight excluding hydrogens is 154 g/mol. The van der Waals surface area contributed by atoms with Gasteiger partial charge in [0.1, 0.15) is 6.42 Å². The number of esters is 1. The fourth-order valence-corrected chi connectivity index (χ4v) is 0.737. The van der Waals surface area contributed by atoms with Gasteiger partial charge in [0.2, 0.25) is 0 Å². The Hall–Kier alpha value is -0.670. The molecule has 0 unspecified atom stereocenters. The number of carbonyl (C=O) groups is 1. The van der Waals surface area contributed by atoms with Crippen molar-refractivity contribution in [3.63, 3.8) is 0 Å². The molecule has 0 atom stereocenters. The summed E-state index contributed by atoms with van der Waals surface area (Å²) in [6, 6.07) is 0. The van der Waals surface area contributed by atoms with Crippen LogP contribution in [0.15, 0.2) is 0 Å². The lowest BCUT2D eigenvalue weighted by Crippen LogP contribution is -2.21. The number of rotatable bonds is 4. The second-order valence-corrected chi connectivity index (χ2v) is 2.36. The van der Waals surface area contributed by atoms with Crippen molar-refractivity contribution in [3.8, 4) is 0 Å². The Labute approximate surface area is 64.5 Å². The van der Waals surface area contributed by atoms with Crippen LogP contribution in [0.4, 0.5) is 8.78 Å². The van der Waals surface area contributed by atoms with E-state index in [0.29, 0.717) is 6.42 Å². The third-order valence-corrected chi connectivity index (χ3v) is 1.25. The number of ether oxygens (including phenoxy) is 1. The van der Waals surface area contributed by atoms with Gasteiger partial charge in [-0.05, 0) is 0 Å². The molecule has 0 saturated heterocycles. The van der Waals surface area contributed by atoms with Crippen LogP contribution < -0.4 is 0 Å². The predicted molar refractivity (Wildman–Crippen MR) is 36.5 cm³/mol. The molecule has 0 amide bonds. The Morgan fingerprint density at radius 2 is 2.09 bits per heavy atom. The molecule has 0 bridgehead atoms. The number of halogens is 2. The molecule has 4 heteroatoms. The maximum atomic E-state index is 12.6. The van der Waals surface area contributed by atoms with Gasteiger partial charge in [-0.2, -0.15) is 0 Å². The second kappa shape index (κ2) is 4.26. The monoisotopic (exact) mass is 166 g/mol. The van der Waals surface area contributed by atoms with Crippen LogP contribution in [0.25, 0.3) is 0 Å². The topological polar surface area (TPSA) is 26.3 Å². The van der Waals surface area contributed by atoms with Gasteiger partial charge in [0.15, 0.2) is 0 Å². The van der Waals surface area contributed by atoms with Crippen LogP contribution >= 0.6 is 0 Å². The molecule has 0 fully saturated rings. The fourth-order valence-electron chi connectivity index (χ4n) is 0.737. The standard InChI is InChI=1S/C7H12F2O2/c1-3-4-7(8,9)5-6(10)11-2/h3-5H2,1-2H3. The highest BCUT2D eigenvalue weighted by Gasteiger charge is 2.31. The van der Waals surface area contributed by atoms with Crippen molar-refractivity contribution in [2.45, 2.75) is 32.1 Å². The van der Waals surface area contributed by atoms with Gasteiger partial charge in [0.25, 0.3) is 5.92 Å². The maximum absolute atomic E-state index is 12.6. The molecule has 0 radical (unpaired) electrons. The predicted octanol–water partition coefficient (Wildman–Crippen LogP) is 1.98. The number of methoxy groups -OCH3 is 1. The summed E-state index contributed by atoms with van der Waals surface area (Å²) in [7, 11) is 1.10. The first-order valence-corrected chi connectivity index (χ1v) is 3.46. The lowest BCUT2D eigenvalue weighted by molar-refractivity contribution is -0.148. The van der Waals surface area contributed by atoms with Crippen LogP contribution in [0.5, 0.6) is 0 Å². The van der Waals surface area contributed by atoms with E-state index in [1.807, 2.05) is 0 Å². The van der Waals surface area contributed by atoms with Gasteiger partial charge in [-0.1, -0.05) is 13.3 Å². The van der Waals surface area contributed by atoms with Gasteiger partial charge < -0.3 is 4.74 Å². The molecule has 2 nitrogen and oxygen atoms in total. The Kier molecular flexibility index (Phi) is 4.00. The SMILES string of the molecule is CCCC(F)(F)CC(=O)OC. The fraction of sp³-hybridized carbons (Fsp3) is 0.857. The van der Waals surface area contributed by atoms with Crippen LogP contribution in [0.3, 0.4) is 0 Å². The van der Waals surface area contributed by atoms with Gasteiger partial charge in [-0.15, -0.1) is 0 Å². The van der Waals surface area contributed by atoms with E-state index in [-0.39, 0.29) is 6.42 Å². The summed E-state index contributed by atoms with van der Waals surface area (Å²) in [5, 5.41) is 0. The van der Waals surface area contributed by atoms with Crippen LogP contribution in [-0.4, -0.2) is 19.0 Å². The lowest BCUT2D eigenvalue weighted by Gasteiger charge is -2.12. The van der Waals surface area contributed by atoms with Crippen LogP contribution in [0.1, 0.15) is 26.2 Å². The molecule has 0 rings (SSSR count). The zero-order valence-corrected chi connectivity index (χ0v) is 6.69. The highest BCUT2D eigenvalue weighted by molar-refractivity contribution is 5.70. The minimum Gasteiger partial charge on any atom is -0.469 e. The number of alkyl halides is 2. The van der Waals surface area contributed by atoms with E-state index in [4.69, 9.17) is 0 Å². The molecule has 0 saturated carbocycles.